The normalized spacial score (nSPS) is 15.7. The highest BCUT2D eigenvalue weighted by molar-refractivity contribution is 6.31. The van der Waals surface area contributed by atoms with Crippen molar-refractivity contribution in [2.75, 3.05) is 5.32 Å². The summed E-state index contributed by atoms with van der Waals surface area (Å²) in [5, 5.41) is 7.05. The van der Waals surface area contributed by atoms with Crippen molar-refractivity contribution in [1.82, 2.24) is 14.3 Å². The van der Waals surface area contributed by atoms with Crippen LogP contribution in [0.25, 0.3) is 6.20 Å². The molecule has 1 fully saturated rings. The van der Waals surface area contributed by atoms with Crippen LogP contribution in [-0.2, 0) is 18.3 Å². The molecule has 4 rings (SSSR count). The SMILES string of the molecule is C/C=C/N=C(/C=C/n1c(C)cc(C(C)Cc2cnn(C)c2)c(Cl)c1=O)c1cccc(NC(=O)C2(C)CC2)c1F. The molecule has 204 valence electrons. The van der Waals surface area contributed by atoms with Crippen LogP contribution in [0.3, 0.4) is 0 Å². The Balaban J connectivity index is 1.64. The van der Waals surface area contributed by atoms with Crippen molar-refractivity contribution in [1.29, 1.82) is 0 Å². The third-order valence-electron chi connectivity index (χ3n) is 7.05. The summed E-state index contributed by atoms with van der Waals surface area (Å²) in [6.07, 6.45) is 12.4. The Labute approximate surface area is 232 Å². The zero-order valence-corrected chi connectivity index (χ0v) is 23.6. The number of nitrogens with one attached hydrogen (secondary N) is 1. The monoisotopic (exact) mass is 549 g/mol. The van der Waals surface area contributed by atoms with Gasteiger partial charge in [-0.1, -0.05) is 37.6 Å². The van der Waals surface area contributed by atoms with Crippen LogP contribution in [0.15, 0.2) is 64.8 Å². The molecule has 1 aliphatic carbocycles. The van der Waals surface area contributed by atoms with Crippen LogP contribution in [0.1, 0.15) is 61.9 Å². The second-order valence-corrected chi connectivity index (χ2v) is 10.7. The summed E-state index contributed by atoms with van der Waals surface area (Å²) in [6, 6.07) is 6.67. The second-order valence-electron chi connectivity index (χ2n) is 10.4. The lowest BCUT2D eigenvalue weighted by atomic mass is 9.95. The predicted molar refractivity (Wildman–Crippen MR) is 155 cm³/mol. The molecule has 1 aliphatic rings. The van der Waals surface area contributed by atoms with Gasteiger partial charge in [-0.15, -0.1) is 0 Å². The molecule has 3 aromatic rings. The molecule has 0 saturated heterocycles. The smallest absolute Gasteiger partial charge is 0.273 e. The van der Waals surface area contributed by atoms with Crippen molar-refractivity contribution in [2.24, 2.45) is 17.5 Å². The molecule has 1 unspecified atom stereocenters. The van der Waals surface area contributed by atoms with Gasteiger partial charge in [-0.2, -0.15) is 5.10 Å². The number of carbonyl (C=O) groups excluding carboxylic acids is 1. The predicted octanol–water partition coefficient (Wildman–Crippen LogP) is 6.26. The van der Waals surface area contributed by atoms with Gasteiger partial charge >= 0.3 is 0 Å². The highest BCUT2D eigenvalue weighted by Crippen LogP contribution is 2.45. The van der Waals surface area contributed by atoms with Crippen molar-refractivity contribution in [3.05, 3.63) is 98.6 Å². The van der Waals surface area contributed by atoms with E-state index >= 15 is 4.39 Å². The molecular weight excluding hydrogens is 517 g/mol. The fourth-order valence-electron chi connectivity index (χ4n) is 4.35. The summed E-state index contributed by atoms with van der Waals surface area (Å²) in [7, 11) is 1.86. The third kappa shape index (κ3) is 6.28. The van der Waals surface area contributed by atoms with Crippen LogP contribution in [0, 0.1) is 18.2 Å². The number of halogens is 2. The van der Waals surface area contributed by atoms with Gasteiger partial charge in [-0.3, -0.25) is 23.8 Å². The van der Waals surface area contributed by atoms with Crippen molar-refractivity contribution in [3.8, 4) is 0 Å². The van der Waals surface area contributed by atoms with Crippen molar-refractivity contribution in [2.45, 2.75) is 52.9 Å². The van der Waals surface area contributed by atoms with Crippen LogP contribution in [0.5, 0.6) is 0 Å². The van der Waals surface area contributed by atoms with Gasteiger partial charge < -0.3 is 5.32 Å². The molecule has 9 heteroatoms. The molecule has 1 N–H and O–H groups in total. The van der Waals surface area contributed by atoms with E-state index in [2.05, 4.69) is 15.4 Å². The summed E-state index contributed by atoms with van der Waals surface area (Å²) in [5.74, 6) is -0.788. The van der Waals surface area contributed by atoms with Crippen LogP contribution >= 0.6 is 11.6 Å². The van der Waals surface area contributed by atoms with Gasteiger partial charge in [0.05, 0.1) is 17.6 Å². The zero-order chi connectivity index (χ0) is 28.3. The Morgan fingerprint density at radius 2 is 2.10 bits per heavy atom. The number of rotatable bonds is 9. The van der Waals surface area contributed by atoms with E-state index in [1.165, 1.54) is 16.8 Å². The van der Waals surface area contributed by atoms with Crippen LogP contribution < -0.4 is 10.9 Å². The lowest BCUT2D eigenvalue weighted by Gasteiger charge is -2.16. The Morgan fingerprint density at radius 1 is 1.36 bits per heavy atom. The first-order chi connectivity index (χ1) is 18.5. The fraction of sp³-hybridized carbons (Fsp3) is 0.333. The van der Waals surface area contributed by atoms with E-state index in [1.807, 2.05) is 40.1 Å². The first-order valence-corrected chi connectivity index (χ1v) is 13.3. The Kier molecular flexibility index (Phi) is 8.35. The largest absolute Gasteiger partial charge is 0.323 e. The maximum absolute atomic E-state index is 15.5. The number of hydrogen-bond donors (Lipinski definition) is 1. The minimum atomic E-state index is -0.593. The van der Waals surface area contributed by atoms with Gasteiger partial charge in [0.2, 0.25) is 5.91 Å². The van der Waals surface area contributed by atoms with E-state index in [-0.39, 0.29) is 39.4 Å². The molecule has 0 spiro atoms. The number of allylic oxidation sites excluding steroid dienone is 2. The number of nitrogens with zero attached hydrogens (tertiary/aromatic N) is 4. The maximum atomic E-state index is 15.5. The van der Waals surface area contributed by atoms with Gasteiger partial charge in [0, 0.05) is 42.3 Å². The van der Waals surface area contributed by atoms with Gasteiger partial charge in [-0.25, -0.2) is 4.39 Å². The average molecular weight is 550 g/mol. The number of aryl methyl sites for hydroxylation is 2. The maximum Gasteiger partial charge on any atom is 0.273 e. The molecule has 1 aromatic carbocycles. The average Bonchev–Trinajstić information content (AvgIpc) is 3.53. The summed E-state index contributed by atoms with van der Waals surface area (Å²) in [4.78, 5) is 30.2. The number of aliphatic imine (C=N–C) groups is 1. The van der Waals surface area contributed by atoms with Gasteiger partial charge in [0.15, 0.2) is 5.82 Å². The third-order valence-corrected chi connectivity index (χ3v) is 7.43. The van der Waals surface area contributed by atoms with E-state index < -0.39 is 11.2 Å². The number of anilines is 1. The minimum Gasteiger partial charge on any atom is -0.323 e. The lowest BCUT2D eigenvalue weighted by molar-refractivity contribution is -0.120. The topological polar surface area (TPSA) is 81.3 Å². The fourth-order valence-corrected chi connectivity index (χ4v) is 4.68. The number of hydrogen-bond acceptors (Lipinski definition) is 4. The number of carbonyl (C=O) groups is 1. The number of aromatic nitrogens is 3. The molecule has 0 aliphatic heterocycles. The molecule has 2 aromatic heterocycles. The first-order valence-electron chi connectivity index (χ1n) is 12.9. The zero-order valence-electron chi connectivity index (χ0n) is 22.8. The van der Waals surface area contributed by atoms with Crippen molar-refractivity contribution < 1.29 is 9.18 Å². The van der Waals surface area contributed by atoms with E-state index in [0.717, 1.165) is 24.0 Å². The Bertz CT molecular complexity index is 1550. The molecular formula is C30H33ClFN5O2. The summed E-state index contributed by atoms with van der Waals surface area (Å²) in [5.41, 5.74) is 2.26. The summed E-state index contributed by atoms with van der Waals surface area (Å²) >= 11 is 6.56. The quantitative estimate of drug-likeness (QED) is 0.320. The Morgan fingerprint density at radius 3 is 2.74 bits per heavy atom. The molecule has 1 saturated carbocycles. The lowest BCUT2D eigenvalue weighted by Crippen LogP contribution is -2.22. The number of benzene rings is 1. The summed E-state index contributed by atoms with van der Waals surface area (Å²) in [6.45, 7) is 7.50. The molecule has 1 atom stereocenters. The highest BCUT2D eigenvalue weighted by atomic mass is 35.5. The number of pyridine rings is 1. The number of amides is 1. The molecule has 0 bridgehead atoms. The first kappa shape index (κ1) is 28.2. The standard InChI is InChI=1S/C30H33ClFN5O2/c1-6-13-33-24(22-8-7-9-25(27(22)32)35-29(39)30(4)11-12-30)10-14-37-20(3)16-23(26(31)28(37)38)19(2)15-21-17-34-36(5)18-21/h6-10,13-14,16-19H,11-12,15H2,1-5H3,(H,35,39)/b13-6+,14-10+,33-24-. The minimum absolute atomic E-state index is 0.00323. The molecule has 39 heavy (non-hydrogen) atoms. The second kappa shape index (κ2) is 11.5. The summed E-state index contributed by atoms with van der Waals surface area (Å²) < 4.78 is 18.7. The van der Waals surface area contributed by atoms with Gasteiger partial charge in [-0.05, 0) is 74.4 Å². The van der Waals surface area contributed by atoms with Crippen molar-refractivity contribution in [3.63, 3.8) is 0 Å². The van der Waals surface area contributed by atoms with Crippen LogP contribution in [0.4, 0.5) is 10.1 Å². The van der Waals surface area contributed by atoms with Crippen molar-refractivity contribution >= 4 is 35.1 Å². The molecule has 7 nitrogen and oxygen atoms in total. The van der Waals surface area contributed by atoms with Crippen LogP contribution in [-0.4, -0.2) is 26.0 Å². The molecule has 0 radical (unpaired) electrons. The molecule has 1 amide bonds. The Hall–Kier alpha value is -3.78. The van der Waals surface area contributed by atoms with E-state index in [0.29, 0.717) is 12.1 Å². The van der Waals surface area contributed by atoms with Gasteiger partial charge in [0.25, 0.3) is 5.56 Å². The molecule has 2 heterocycles. The van der Waals surface area contributed by atoms with E-state index in [4.69, 9.17) is 11.6 Å². The van der Waals surface area contributed by atoms with Gasteiger partial charge in [0.1, 0.15) is 5.02 Å². The van der Waals surface area contributed by atoms with Crippen LogP contribution in [0.2, 0.25) is 5.02 Å². The highest BCUT2D eigenvalue weighted by Gasteiger charge is 2.45. The van der Waals surface area contributed by atoms with E-state index in [1.54, 1.807) is 48.3 Å². The van der Waals surface area contributed by atoms with E-state index in [9.17, 15) is 9.59 Å².